The standard InChI is InChI=1S/C57H52N4S2/c1-33-20-19-21-34(2)45(33)43-32-42(35-22-13-11-14-23-35)58-53(59-43)57(9,10)54-60-48-40-31-38(55(3,4)5)28-29-44(40)62-51(48)49(61-54)41-30-37-26-17-18-27-39(37)47-46(36-24-15-12-16-25-36)52(56(6,7)8)63-50(41)47/h11-32H,1-10H3. The maximum Gasteiger partial charge on any atom is 0.143 e. The van der Waals surface area contributed by atoms with Gasteiger partial charge in [0.15, 0.2) is 0 Å². The lowest BCUT2D eigenvalue weighted by Gasteiger charge is -2.24. The van der Waals surface area contributed by atoms with Crippen LogP contribution in [0.15, 0.2) is 133 Å². The first kappa shape index (κ1) is 41.0. The number of benzene rings is 6. The molecule has 4 heterocycles. The van der Waals surface area contributed by atoms with Gasteiger partial charge in [0.25, 0.3) is 0 Å². The Balaban J connectivity index is 1.32. The number of thiophene rings is 2. The maximum atomic E-state index is 5.78. The van der Waals surface area contributed by atoms with Gasteiger partial charge in [-0.3, -0.25) is 0 Å². The molecule has 0 unspecified atom stereocenters. The molecule has 0 amide bonds. The van der Waals surface area contributed by atoms with Crippen LogP contribution in [0.3, 0.4) is 0 Å². The first-order chi connectivity index (χ1) is 30.1. The van der Waals surface area contributed by atoms with Gasteiger partial charge in [-0.2, -0.15) is 0 Å². The van der Waals surface area contributed by atoms with E-state index in [-0.39, 0.29) is 10.8 Å². The van der Waals surface area contributed by atoms with E-state index in [1.807, 2.05) is 17.4 Å². The monoisotopic (exact) mass is 856 g/mol. The van der Waals surface area contributed by atoms with Crippen LogP contribution in [0, 0.1) is 13.8 Å². The van der Waals surface area contributed by atoms with E-state index in [1.54, 1.807) is 11.3 Å². The van der Waals surface area contributed by atoms with Gasteiger partial charge in [0.1, 0.15) is 11.6 Å². The fourth-order valence-electron chi connectivity index (χ4n) is 9.04. The van der Waals surface area contributed by atoms with Crippen LogP contribution in [0.25, 0.3) is 86.1 Å². The summed E-state index contributed by atoms with van der Waals surface area (Å²) in [5.41, 5.74) is 12.2. The first-order valence-corrected chi connectivity index (χ1v) is 23.5. The Bertz CT molecular complexity index is 3380. The summed E-state index contributed by atoms with van der Waals surface area (Å²) >= 11 is 3.71. The minimum absolute atomic E-state index is 0.0328. The molecule has 0 aliphatic carbocycles. The van der Waals surface area contributed by atoms with E-state index in [9.17, 15) is 0 Å². The number of aryl methyl sites for hydroxylation is 2. The van der Waals surface area contributed by atoms with E-state index >= 15 is 0 Å². The Kier molecular flexibility index (Phi) is 9.77. The molecular weight excluding hydrogens is 805 g/mol. The molecule has 0 aliphatic rings. The summed E-state index contributed by atoms with van der Waals surface area (Å²) in [6, 6.07) is 48.1. The van der Waals surface area contributed by atoms with Crippen molar-refractivity contribution in [2.24, 2.45) is 0 Å². The minimum atomic E-state index is -0.799. The maximum absolute atomic E-state index is 5.78. The van der Waals surface area contributed by atoms with Gasteiger partial charge in [0, 0.05) is 47.3 Å². The van der Waals surface area contributed by atoms with Crippen LogP contribution in [0.1, 0.15) is 88.6 Å². The molecule has 0 atom stereocenters. The minimum Gasteiger partial charge on any atom is -0.232 e. The molecule has 63 heavy (non-hydrogen) atoms. The highest BCUT2D eigenvalue weighted by molar-refractivity contribution is 7.26. The number of hydrogen-bond acceptors (Lipinski definition) is 6. The van der Waals surface area contributed by atoms with Crippen LogP contribution < -0.4 is 0 Å². The molecule has 6 heteroatoms. The molecule has 6 aromatic carbocycles. The average molecular weight is 857 g/mol. The number of hydrogen-bond donors (Lipinski definition) is 0. The van der Waals surface area contributed by atoms with E-state index in [2.05, 4.69) is 197 Å². The molecule has 0 saturated carbocycles. The van der Waals surface area contributed by atoms with Crippen LogP contribution in [0.4, 0.5) is 0 Å². The van der Waals surface area contributed by atoms with Crippen molar-refractivity contribution in [1.29, 1.82) is 0 Å². The summed E-state index contributed by atoms with van der Waals surface area (Å²) in [6.45, 7) is 22.6. The molecule has 0 spiro atoms. The lowest BCUT2D eigenvalue weighted by atomic mass is 9.86. The summed E-state index contributed by atoms with van der Waals surface area (Å²) in [5.74, 6) is 1.38. The van der Waals surface area contributed by atoms with E-state index in [0.29, 0.717) is 11.6 Å². The zero-order chi connectivity index (χ0) is 44.0. The summed E-state index contributed by atoms with van der Waals surface area (Å²) in [5, 5.41) is 4.88. The second-order valence-corrected chi connectivity index (χ2v) is 21.7. The number of rotatable bonds is 6. The topological polar surface area (TPSA) is 51.6 Å². The van der Waals surface area contributed by atoms with E-state index in [1.165, 1.54) is 58.3 Å². The Morgan fingerprint density at radius 1 is 0.476 bits per heavy atom. The molecular formula is C57H52N4S2. The Labute approximate surface area is 378 Å². The first-order valence-electron chi connectivity index (χ1n) is 21.9. The Morgan fingerprint density at radius 3 is 1.79 bits per heavy atom. The molecule has 0 aliphatic heterocycles. The molecule has 312 valence electrons. The Hall–Kier alpha value is -6.08. The van der Waals surface area contributed by atoms with Gasteiger partial charge in [0.2, 0.25) is 0 Å². The van der Waals surface area contributed by atoms with Gasteiger partial charge in [0.05, 0.1) is 32.7 Å². The van der Waals surface area contributed by atoms with Crippen LogP contribution >= 0.6 is 22.7 Å². The third kappa shape index (κ3) is 7.04. The molecule has 0 N–H and O–H groups in total. The molecule has 4 nitrogen and oxygen atoms in total. The smallest absolute Gasteiger partial charge is 0.143 e. The predicted molar refractivity (Wildman–Crippen MR) is 271 cm³/mol. The zero-order valence-electron chi connectivity index (χ0n) is 37.8. The number of nitrogens with zero attached hydrogens (tertiary/aromatic N) is 4. The summed E-state index contributed by atoms with van der Waals surface area (Å²) in [4.78, 5) is 23.6. The molecule has 0 bridgehead atoms. The van der Waals surface area contributed by atoms with Gasteiger partial charge in [-0.05, 0) is 95.8 Å². The van der Waals surface area contributed by atoms with Crippen LogP contribution in [-0.2, 0) is 16.2 Å². The summed E-state index contributed by atoms with van der Waals surface area (Å²) in [7, 11) is 0. The van der Waals surface area contributed by atoms with E-state index < -0.39 is 5.41 Å². The molecule has 10 rings (SSSR count). The summed E-state index contributed by atoms with van der Waals surface area (Å²) < 4.78 is 3.54. The van der Waals surface area contributed by atoms with Gasteiger partial charge in [-0.1, -0.05) is 151 Å². The van der Waals surface area contributed by atoms with Crippen LogP contribution in [0.2, 0.25) is 0 Å². The van der Waals surface area contributed by atoms with Gasteiger partial charge >= 0.3 is 0 Å². The van der Waals surface area contributed by atoms with Crippen molar-refractivity contribution >= 4 is 63.8 Å². The third-order valence-electron chi connectivity index (χ3n) is 12.5. The highest BCUT2D eigenvalue weighted by Gasteiger charge is 2.35. The molecule has 0 fully saturated rings. The third-order valence-corrected chi connectivity index (χ3v) is 15.3. The van der Waals surface area contributed by atoms with Crippen molar-refractivity contribution < 1.29 is 0 Å². The number of fused-ring (bicyclic) bond motifs is 6. The van der Waals surface area contributed by atoms with Crippen molar-refractivity contribution in [3.63, 3.8) is 0 Å². The van der Waals surface area contributed by atoms with E-state index in [0.717, 1.165) is 49.4 Å². The largest absolute Gasteiger partial charge is 0.232 e. The lowest BCUT2D eigenvalue weighted by molar-refractivity contribution is 0.554. The van der Waals surface area contributed by atoms with Crippen molar-refractivity contribution in [2.45, 2.75) is 85.5 Å². The summed E-state index contributed by atoms with van der Waals surface area (Å²) in [6.07, 6.45) is 0. The highest BCUT2D eigenvalue weighted by atomic mass is 32.1. The van der Waals surface area contributed by atoms with Gasteiger partial charge < -0.3 is 0 Å². The SMILES string of the molecule is Cc1cccc(C)c1-c1cc(-c2ccccc2)nc(C(C)(C)c2nc(-c3cc4ccccc4c4c(-c5ccccc5)c(C(C)(C)C)sc34)c3sc4ccc(C(C)(C)C)cc4c3n2)n1. The fraction of sp³-hybridized carbons (Fsp3) is 0.228. The van der Waals surface area contributed by atoms with Gasteiger partial charge in [-0.25, -0.2) is 19.9 Å². The second kappa shape index (κ2) is 15.0. The second-order valence-electron chi connectivity index (χ2n) is 19.6. The van der Waals surface area contributed by atoms with Gasteiger partial charge in [-0.15, -0.1) is 22.7 Å². The van der Waals surface area contributed by atoms with Crippen molar-refractivity contribution in [3.05, 3.63) is 167 Å². The van der Waals surface area contributed by atoms with Crippen LogP contribution in [-0.4, -0.2) is 19.9 Å². The fourth-order valence-corrected chi connectivity index (χ4v) is 11.6. The lowest BCUT2D eigenvalue weighted by Crippen LogP contribution is -2.26. The molecule has 4 aromatic heterocycles. The highest BCUT2D eigenvalue weighted by Crippen LogP contribution is 2.52. The quantitative estimate of drug-likeness (QED) is 0.167. The van der Waals surface area contributed by atoms with Crippen LogP contribution in [0.5, 0.6) is 0 Å². The normalized spacial score (nSPS) is 12.6. The average Bonchev–Trinajstić information content (AvgIpc) is 3.86. The van der Waals surface area contributed by atoms with Crippen molar-refractivity contribution in [3.8, 4) is 44.9 Å². The molecule has 0 radical (unpaired) electrons. The molecule has 0 saturated heterocycles. The van der Waals surface area contributed by atoms with E-state index in [4.69, 9.17) is 19.9 Å². The molecule has 10 aromatic rings. The predicted octanol–water partition coefficient (Wildman–Crippen LogP) is 16.2. The number of aromatic nitrogens is 4. The van der Waals surface area contributed by atoms with Crippen molar-refractivity contribution in [2.75, 3.05) is 0 Å². The Morgan fingerprint density at radius 2 is 1.11 bits per heavy atom. The van der Waals surface area contributed by atoms with Crippen molar-refractivity contribution in [1.82, 2.24) is 19.9 Å². The zero-order valence-corrected chi connectivity index (χ0v) is 39.4.